The molecule has 2 aromatic rings. The van der Waals surface area contributed by atoms with Crippen LogP contribution in [0.4, 0.5) is 0 Å². The van der Waals surface area contributed by atoms with Crippen LogP contribution >= 0.6 is 0 Å². The lowest BCUT2D eigenvalue weighted by molar-refractivity contribution is 0.362. The van der Waals surface area contributed by atoms with Crippen LogP contribution in [0.1, 0.15) is 30.5 Å². The van der Waals surface area contributed by atoms with E-state index in [0.717, 1.165) is 25.9 Å². The molecule has 20 heavy (non-hydrogen) atoms. The van der Waals surface area contributed by atoms with Gasteiger partial charge in [0.2, 0.25) is 0 Å². The van der Waals surface area contributed by atoms with Gasteiger partial charge in [0.05, 0.1) is 23.9 Å². The van der Waals surface area contributed by atoms with E-state index >= 15 is 0 Å². The highest BCUT2D eigenvalue weighted by molar-refractivity contribution is 5.90. The molecule has 0 saturated carbocycles. The molecule has 2 aliphatic rings. The first-order chi connectivity index (χ1) is 9.88. The monoisotopic (exact) mass is 263 g/mol. The third-order valence-electron chi connectivity index (χ3n) is 4.53. The second kappa shape index (κ2) is 4.42. The summed E-state index contributed by atoms with van der Waals surface area (Å²) < 4.78 is 0. The van der Waals surface area contributed by atoms with Crippen molar-refractivity contribution in [3.05, 3.63) is 41.1 Å². The van der Waals surface area contributed by atoms with Crippen LogP contribution in [0.15, 0.2) is 29.8 Å². The molecule has 100 valence electrons. The number of fused-ring (bicyclic) bond motifs is 5. The van der Waals surface area contributed by atoms with E-state index in [1.807, 2.05) is 0 Å². The maximum Gasteiger partial charge on any atom is 0.0667 e. The van der Waals surface area contributed by atoms with Gasteiger partial charge in [0.1, 0.15) is 0 Å². The molecule has 0 spiro atoms. The largest absolute Gasteiger partial charge is 0.370 e. The number of hydrogen-bond acceptors (Lipinski definition) is 2. The van der Waals surface area contributed by atoms with E-state index in [2.05, 4.69) is 40.2 Å². The zero-order valence-corrected chi connectivity index (χ0v) is 11.4. The fourth-order valence-electron chi connectivity index (χ4n) is 3.67. The number of rotatable bonds is 1. The summed E-state index contributed by atoms with van der Waals surface area (Å²) in [4.78, 5) is 6.06. The minimum Gasteiger partial charge on any atom is -0.370 e. The zero-order valence-electron chi connectivity index (χ0n) is 11.4. The molecule has 0 radical (unpaired) electrons. The van der Waals surface area contributed by atoms with Crippen molar-refractivity contribution in [1.82, 2.24) is 9.88 Å². The average Bonchev–Trinajstić information content (AvgIpc) is 2.86. The van der Waals surface area contributed by atoms with Crippen LogP contribution < -0.4 is 0 Å². The van der Waals surface area contributed by atoms with E-state index in [-0.39, 0.29) is 0 Å². The third-order valence-corrected chi connectivity index (χ3v) is 4.53. The number of nitriles is 1. The van der Waals surface area contributed by atoms with Gasteiger partial charge in [0.25, 0.3) is 0 Å². The first-order valence-corrected chi connectivity index (χ1v) is 7.32. The maximum atomic E-state index is 9.08. The summed E-state index contributed by atoms with van der Waals surface area (Å²) in [6.07, 6.45) is 3.90. The molecule has 1 N–H and O–H groups in total. The summed E-state index contributed by atoms with van der Waals surface area (Å²) in [5.74, 6) is 0. The summed E-state index contributed by atoms with van der Waals surface area (Å²) in [7, 11) is 0. The highest BCUT2D eigenvalue weighted by Crippen LogP contribution is 2.39. The Kier molecular flexibility index (Phi) is 2.56. The van der Waals surface area contributed by atoms with Crippen LogP contribution in [0, 0.1) is 11.3 Å². The molecule has 3 nitrogen and oxygen atoms in total. The van der Waals surface area contributed by atoms with E-state index in [9.17, 15) is 0 Å². The SMILES string of the molecule is N#CCC1=C2c3[nH]c4ccccc4c3CCN2CCC1. The van der Waals surface area contributed by atoms with Crippen molar-refractivity contribution >= 4 is 16.6 Å². The smallest absolute Gasteiger partial charge is 0.0667 e. The number of aromatic amines is 1. The van der Waals surface area contributed by atoms with Gasteiger partial charge in [-0.3, -0.25) is 0 Å². The highest BCUT2D eigenvalue weighted by atomic mass is 15.2. The van der Waals surface area contributed by atoms with Crippen molar-refractivity contribution in [2.75, 3.05) is 13.1 Å². The van der Waals surface area contributed by atoms with Crippen molar-refractivity contribution in [2.45, 2.75) is 25.7 Å². The standard InChI is InChI=1S/C17H17N3/c18-9-7-12-4-3-10-20-11-8-14-13-5-1-2-6-15(13)19-16(14)17(12)20/h1-2,5-6,19H,3-4,7-8,10-11H2. The number of H-pyrrole nitrogens is 1. The maximum absolute atomic E-state index is 9.08. The van der Waals surface area contributed by atoms with E-state index in [4.69, 9.17) is 5.26 Å². The predicted molar refractivity (Wildman–Crippen MR) is 80.0 cm³/mol. The van der Waals surface area contributed by atoms with Gasteiger partial charge in [-0.15, -0.1) is 0 Å². The summed E-state index contributed by atoms with van der Waals surface area (Å²) in [5.41, 5.74) is 6.54. The molecular weight excluding hydrogens is 246 g/mol. The van der Waals surface area contributed by atoms with Crippen molar-refractivity contribution < 1.29 is 0 Å². The van der Waals surface area contributed by atoms with Gasteiger partial charge in [-0.1, -0.05) is 18.2 Å². The van der Waals surface area contributed by atoms with E-state index in [1.165, 1.54) is 39.9 Å². The van der Waals surface area contributed by atoms with Crippen LogP contribution in [0.2, 0.25) is 0 Å². The van der Waals surface area contributed by atoms with E-state index in [0.29, 0.717) is 6.42 Å². The van der Waals surface area contributed by atoms with Crippen LogP contribution in [0.3, 0.4) is 0 Å². The van der Waals surface area contributed by atoms with Crippen LogP contribution in [0.5, 0.6) is 0 Å². The molecule has 0 amide bonds. The first kappa shape index (κ1) is 11.6. The molecule has 1 aromatic carbocycles. The number of hydrogen-bond donors (Lipinski definition) is 1. The molecule has 0 aliphatic carbocycles. The summed E-state index contributed by atoms with van der Waals surface area (Å²) >= 11 is 0. The second-order valence-corrected chi connectivity index (χ2v) is 5.65. The zero-order chi connectivity index (χ0) is 13.5. The Morgan fingerprint density at radius 2 is 2.10 bits per heavy atom. The van der Waals surface area contributed by atoms with Crippen LogP contribution in [-0.4, -0.2) is 23.0 Å². The van der Waals surface area contributed by atoms with Crippen molar-refractivity contribution in [3.8, 4) is 6.07 Å². The Morgan fingerprint density at radius 3 is 3.00 bits per heavy atom. The van der Waals surface area contributed by atoms with Crippen molar-refractivity contribution in [3.63, 3.8) is 0 Å². The molecule has 0 bridgehead atoms. The molecule has 2 aliphatic heterocycles. The summed E-state index contributed by atoms with van der Waals surface area (Å²) in [6.45, 7) is 2.21. The molecule has 0 fully saturated rings. The lowest BCUT2D eigenvalue weighted by Gasteiger charge is -2.37. The molecule has 3 heterocycles. The number of allylic oxidation sites excluding steroid dienone is 1. The first-order valence-electron chi connectivity index (χ1n) is 7.32. The quantitative estimate of drug-likeness (QED) is 0.856. The molecule has 4 rings (SSSR count). The van der Waals surface area contributed by atoms with E-state index in [1.54, 1.807) is 0 Å². The summed E-state index contributed by atoms with van der Waals surface area (Å²) in [6, 6.07) is 10.9. The number of nitrogens with one attached hydrogen (secondary N) is 1. The van der Waals surface area contributed by atoms with Gasteiger partial charge in [0.15, 0.2) is 0 Å². The van der Waals surface area contributed by atoms with Crippen molar-refractivity contribution in [1.29, 1.82) is 5.26 Å². The van der Waals surface area contributed by atoms with E-state index < -0.39 is 0 Å². The number of nitrogens with zero attached hydrogens (tertiary/aromatic N) is 2. The predicted octanol–water partition coefficient (Wildman–Crippen LogP) is 3.44. The Bertz CT molecular complexity index is 745. The minimum atomic E-state index is 0.556. The van der Waals surface area contributed by atoms with Gasteiger partial charge in [-0.05, 0) is 36.5 Å². The van der Waals surface area contributed by atoms with Crippen LogP contribution in [-0.2, 0) is 6.42 Å². The Labute approximate surface area is 118 Å². The Morgan fingerprint density at radius 1 is 1.20 bits per heavy atom. The van der Waals surface area contributed by atoms with Crippen LogP contribution in [0.25, 0.3) is 16.6 Å². The molecule has 0 atom stereocenters. The number of benzene rings is 1. The Balaban J connectivity index is 1.97. The van der Waals surface area contributed by atoms with Gasteiger partial charge >= 0.3 is 0 Å². The average molecular weight is 263 g/mol. The van der Waals surface area contributed by atoms with Gasteiger partial charge in [0, 0.05) is 24.0 Å². The number of aromatic nitrogens is 1. The molecule has 0 saturated heterocycles. The molecule has 0 unspecified atom stereocenters. The van der Waals surface area contributed by atoms with Crippen molar-refractivity contribution in [2.24, 2.45) is 0 Å². The number of para-hydroxylation sites is 1. The molecule has 3 heteroatoms. The highest BCUT2D eigenvalue weighted by Gasteiger charge is 2.29. The van der Waals surface area contributed by atoms with Gasteiger partial charge in [-0.25, -0.2) is 0 Å². The fraction of sp³-hybridized carbons (Fsp3) is 0.353. The summed E-state index contributed by atoms with van der Waals surface area (Å²) in [5, 5.41) is 10.4. The second-order valence-electron chi connectivity index (χ2n) is 5.65. The van der Waals surface area contributed by atoms with Gasteiger partial charge in [-0.2, -0.15) is 5.26 Å². The third kappa shape index (κ3) is 1.58. The lowest BCUT2D eigenvalue weighted by Crippen LogP contribution is -2.33. The fourth-order valence-corrected chi connectivity index (χ4v) is 3.67. The normalized spacial score (nSPS) is 17.9. The van der Waals surface area contributed by atoms with Gasteiger partial charge < -0.3 is 9.88 Å². The minimum absolute atomic E-state index is 0.556. The Hall–Kier alpha value is -2.21. The topological polar surface area (TPSA) is 42.8 Å². The molecule has 1 aromatic heterocycles. The lowest BCUT2D eigenvalue weighted by atomic mass is 9.91. The molecular formula is C17H17N3.